The van der Waals surface area contributed by atoms with E-state index < -0.39 is 0 Å². The van der Waals surface area contributed by atoms with Gasteiger partial charge in [-0.25, -0.2) is 4.98 Å². The molecule has 3 aliphatic rings. The van der Waals surface area contributed by atoms with Crippen molar-refractivity contribution in [2.75, 3.05) is 50.8 Å². The average molecular weight is 463 g/mol. The van der Waals surface area contributed by atoms with Gasteiger partial charge in [-0.3, -0.25) is 14.5 Å². The van der Waals surface area contributed by atoms with E-state index in [1.165, 1.54) is 32.1 Å². The summed E-state index contributed by atoms with van der Waals surface area (Å²) in [4.78, 5) is 36.4. The number of nitrogens with zero attached hydrogens (tertiary/aromatic N) is 4. The number of hydrogen-bond acceptors (Lipinski definition) is 6. The summed E-state index contributed by atoms with van der Waals surface area (Å²) in [5.74, 6) is 0.422. The molecule has 1 aliphatic carbocycles. The van der Waals surface area contributed by atoms with Crippen LogP contribution < -0.4 is 4.90 Å². The fourth-order valence-corrected chi connectivity index (χ4v) is 5.48. The van der Waals surface area contributed by atoms with Gasteiger partial charge in [0.1, 0.15) is 11.5 Å². The fourth-order valence-electron chi connectivity index (χ4n) is 5.26. The van der Waals surface area contributed by atoms with Crippen molar-refractivity contribution in [1.82, 2.24) is 14.8 Å². The van der Waals surface area contributed by atoms with Crippen molar-refractivity contribution in [2.45, 2.75) is 57.9 Å². The van der Waals surface area contributed by atoms with Crippen molar-refractivity contribution in [3.63, 3.8) is 0 Å². The molecule has 3 heterocycles. The minimum Gasteiger partial charge on any atom is -0.466 e. The Labute approximate surface area is 196 Å². The first-order valence-corrected chi connectivity index (χ1v) is 12.6. The van der Waals surface area contributed by atoms with Gasteiger partial charge in [-0.1, -0.05) is 30.9 Å². The van der Waals surface area contributed by atoms with E-state index in [-0.39, 0.29) is 17.8 Å². The Kier molecular flexibility index (Phi) is 7.89. The highest BCUT2D eigenvalue weighted by Gasteiger charge is 2.30. The van der Waals surface area contributed by atoms with Crippen LogP contribution in [-0.2, 0) is 9.53 Å². The zero-order valence-corrected chi connectivity index (χ0v) is 19.9. The van der Waals surface area contributed by atoms with Crippen LogP contribution in [0.3, 0.4) is 0 Å². The third kappa shape index (κ3) is 5.37. The van der Waals surface area contributed by atoms with Crippen LogP contribution in [-0.4, -0.2) is 78.6 Å². The summed E-state index contributed by atoms with van der Waals surface area (Å²) in [7, 11) is 0. The quantitative estimate of drug-likeness (QED) is 0.623. The van der Waals surface area contributed by atoms with Crippen molar-refractivity contribution in [3.8, 4) is 0 Å². The first-order valence-electron chi connectivity index (χ1n) is 12.2. The number of amides is 1. The molecule has 0 aromatic carbocycles. The van der Waals surface area contributed by atoms with Crippen LogP contribution in [0.5, 0.6) is 0 Å². The van der Waals surface area contributed by atoms with Gasteiger partial charge in [0.05, 0.1) is 17.5 Å². The van der Waals surface area contributed by atoms with Gasteiger partial charge in [-0.15, -0.1) is 0 Å². The molecule has 0 bridgehead atoms. The Bertz CT molecular complexity index is 798. The van der Waals surface area contributed by atoms with Gasteiger partial charge in [0, 0.05) is 45.3 Å². The van der Waals surface area contributed by atoms with Crippen molar-refractivity contribution in [1.29, 1.82) is 0 Å². The highest BCUT2D eigenvalue weighted by Crippen LogP contribution is 2.29. The number of carbonyl (C=O) groups excluding carboxylic acids is 2. The van der Waals surface area contributed by atoms with E-state index in [9.17, 15) is 9.59 Å². The second kappa shape index (κ2) is 10.8. The van der Waals surface area contributed by atoms with Gasteiger partial charge in [-0.2, -0.15) is 0 Å². The molecule has 4 rings (SSSR count). The van der Waals surface area contributed by atoms with E-state index in [0.29, 0.717) is 55.1 Å². The fraction of sp³-hybridized carbons (Fsp3) is 0.708. The molecule has 32 heavy (non-hydrogen) atoms. The Morgan fingerprint density at radius 3 is 2.34 bits per heavy atom. The molecule has 176 valence electrons. The second-order valence-electron chi connectivity index (χ2n) is 9.14. The standard InChI is InChI=1S/C24H35ClN4O3/c1-2-32-24(31)18-10-12-28(13-11-18)22-20(25)8-9-21(26-22)23(30)29-16-14-27(15-17-29)19-6-4-3-5-7-19/h8-9,18-19H,2-7,10-17H2,1H3. The monoisotopic (exact) mass is 462 g/mol. The number of ether oxygens (including phenoxy) is 1. The van der Waals surface area contributed by atoms with Crippen LogP contribution in [0.15, 0.2) is 12.1 Å². The van der Waals surface area contributed by atoms with E-state index in [0.717, 1.165) is 26.2 Å². The van der Waals surface area contributed by atoms with Crippen molar-refractivity contribution < 1.29 is 14.3 Å². The van der Waals surface area contributed by atoms with Crippen molar-refractivity contribution in [3.05, 3.63) is 22.8 Å². The summed E-state index contributed by atoms with van der Waals surface area (Å²) in [6.07, 6.45) is 8.03. The molecule has 2 saturated heterocycles. The molecular formula is C24H35ClN4O3. The molecular weight excluding hydrogens is 428 g/mol. The van der Waals surface area contributed by atoms with E-state index in [1.807, 2.05) is 11.8 Å². The van der Waals surface area contributed by atoms with Crippen LogP contribution in [0.4, 0.5) is 5.82 Å². The maximum atomic E-state index is 13.2. The number of hydrogen-bond donors (Lipinski definition) is 0. The lowest BCUT2D eigenvalue weighted by Crippen LogP contribution is -2.52. The van der Waals surface area contributed by atoms with E-state index >= 15 is 0 Å². The Morgan fingerprint density at radius 2 is 1.69 bits per heavy atom. The zero-order valence-electron chi connectivity index (χ0n) is 19.1. The molecule has 7 nitrogen and oxygen atoms in total. The smallest absolute Gasteiger partial charge is 0.309 e. The number of piperidine rings is 1. The van der Waals surface area contributed by atoms with Crippen LogP contribution in [0.25, 0.3) is 0 Å². The number of aromatic nitrogens is 1. The van der Waals surface area contributed by atoms with Crippen LogP contribution in [0, 0.1) is 5.92 Å². The minimum absolute atomic E-state index is 0.0207. The summed E-state index contributed by atoms with van der Waals surface area (Å²) < 4.78 is 5.16. The maximum Gasteiger partial charge on any atom is 0.309 e. The molecule has 0 spiro atoms. The number of halogens is 1. The molecule has 1 saturated carbocycles. The summed E-state index contributed by atoms with van der Waals surface area (Å²) >= 11 is 6.45. The highest BCUT2D eigenvalue weighted by atomic mass is 35.5. The topological polar surface area (TPSA) is 66.0 Å². The number of anilines is 1. The van der Waals surface area contributed by atoms with Crippen molar-refractivity contribution >= 4 is 29.3 Å². The number of piperazine rings is 1. The molecule has 3 fully saturated rings. The molecule has 0 unspecified atom stereocenters. The van der Waals surface area contributed by atoms with E-state index in [4.69, 9.17) is 16.3 Å². The summed E-state index contributed by atoms with van der Waals surface area (Å²) in [5, 5.41) is 0.540. The van der Waals surface area contributed by atoms with Gasteiger partial charge in [0.2, 0.25) is 0 Å². The summed E-state index contributed by atoms with van der Waals surface area (Å²) in [6, 6.07) is 4.19. The number of pyridine rings is 1. The third-order valence-corrected chi connectivity index (χ3v) is 7.45. The lowest BCUT2D eigenvalue weighted by molar-refractivity contribution is -0.148. The third-order valence-electron chi connectivity index (χ3n) is 7.15. The zero-order chi connectivity index (χ0) is 22.5. The molecule has 8 heteroatoms. The normalized spacial score (nSPS) is 21.6. The van der Waals surface area contributed by atoms with Gasteiger partial charge >= 0.3 is 5.97 Å². The molecule has 0 N–H and O–H groups in total. The van der Waals surface area contributed by atoms with Crippen molar-refractivity contribution in [2.24, 2.45) is 5.92 Å². The average Bonchev–Trinajstić information content (AvgIpc) is 2.85. The number of esters is 1. The first kappa shape index (κ1) is 23.3. The lowest BCUT2D eigenvalue weighted by Gasteiger charge is -2.40. The van der Waals surface area contributed by atoms with Crippen LogP contribution in [0.2, 0.25) is 5.02 Å². The Morgan fingerprint density at radius 1 is 1.00 bits per heavy atom. The number of rotatable bonds is 5. The predicted octanol–water partition coefficient (Wildman–Crippen LogP) is 3.61. The Hall–Kier alpha value is -1.86. The molecule has 0 atom stereocenters. The van der Waals surface area contributed by atoms with Gasteiger partial charge in [-0.05, 0) is 44.7 Å². The highest BCUT2D eigenvalue weighted by molar-refractivity contribution is 6.33. The maximum absolute atomic E-state index is 13.2. The van der Waals surface area contributed by atoms with E-state index in [1.54, 1.807) is 12.1 Å². The lowest BCUT2D eigenvalue weighted by atomic mass is 9.94. The summed E-state index contributed by atoms with van der Waals surface area (Å²) in [5.41, 5.74) is 0.447. The predicted molar refractivity (Wildman–Crippen MR) is 125 cm³/mol. The van der Waals surface area contributed by atoms with Crippen LogP contribution >= 0.6 is 11.6 Å². The molecule has 1 amide bonds. The summed E-state index contributed by atoms with van der Waals surface area (Å²) in [6.45, 7) is 6.97. The number of carbonyl (C=O) groups is 2. The van der Waals surface area contributed by atoms with Gasteiger partial charge < -0.3 is 14.5 Å². The minimum atomic E-state index is -0.123. The largest absolute Gasteiger partial charge is 0.466 e. The van der Waals surface area contributed by atoms with Gasteiger partial charge in [0.25, 0.3) is 5.91 Å². The van der Waals surface area contributed by atoms with Crippen LogP contribution in [0.1, 0.15) is 62.4 Å². The van der Waals surface area contributed by atoms with Gasteiger partial charge in [0.15, 0.2) is 0 Å². The molecule has 1 aromatic rings. The molecule has 0 radical (unpaired) electrons. The molecule has 1 aromatic heterocycles. The SMILES string of the molecule is CCOC(=O)C1CCN(c2nc(C(=O)N3CCN(C4CCCCC4)CC3)ccc2Cl)CC1. The second-order valence-corrected chi connectivity index (χ2v) is 9.54. The molecule has 2 aliphatic heterocycles. The first-order chi connectivity index (χ1) is 15.6. The van der Waals surface area contributed by atoms with E-state index in [2.05, 4.69) is 14.8 Å². The Balaban J connectivity index is 1.35.